The highest BCUT2D eigenvalue weighted by Gasteiger charge is 2.24. The second-order valence-electron chi connectivity index (χ2n) is 11.7. The number of anilines is 3. The molecule has 0 radical (unpaired) electrons. The van der Waals surface area contributed by atoms with E-state index in [4.69, 9.17) is 0 Å². The van der Waals surface area contributed by atoms with Crippen molar-refractivity contribution in [3.05, 3.63) is 150 Å². The summed E-state index contributed by atoms with van der Waals surface area (Å²) in [4.78, 5) is 2.42. The lowest BCUT2D eigenvalue weighted by Crippen LogP contribution is -2.13. The summed E-state index contributed by atoms with van der Waals surface area (Å²) in [5, 5.41) is 5.11. The van der Waals surface area contributed by atoms with Crippen LogP contribution in [0.3, 0.4) is 0 Å². The van der Waals surface area contributed by atoms with Gasteiger partial charge in [0.25, 0.3) is 0 Å². The number of rotatable bonds is 4. The average molecular weight is 538 g/mol. The van der Waals surface area contributed by atoms with Crippen LogP contribution in [-0.4, -0.2) is 0 Å². The molecule has 200 valence electrons. The molecule has 1 nitrogen and oxygen atoms in total. The fourth-order valence-corrected chi connectivity index (χ4v) is 6.54. The van der Waals surface area contributed by atoms with E-state index in [-0.39, 0.29) is 0 Å². The average Bonchev–Trinajstić information content (AvgIpc) is 3.02. The summed E-state index contributed by atoms with van der Waals surface area (Å²) < 4.78 is 0. The summed E-state index contributed by atoms with van der Waals surface area (Å²) in [5.41, 5.74) is 15.3. The van der Waals surface area contributed by atoms with Crippen LogP contribution in [0.15, 0.2) is 133 Å². The zero-order chi connectivity index (χ0) is 28.4. The van der Waals surface area contributed by atoms with Gasteiger partial charge in [0.15, 0.2) is 0 Å². The van der Waals surface area contributed by atoms with E-state index in [9.17, 15) is 0 Å². The second kappa shape index (κ2) is 9.46. The van der Waals surface area contributed by atoms with Gasteiger partial charge in [0.05, 0.1) is 0 Å². The first-order chi connectivity index (χ1) is 20.5. The molecule has 0 fully saturated rings. The topological polar surface area (TPSA) is 3.24 Å². The Kier molecular flexibility index (Phi) is 5.55. The monoisotopic (exact) mass is 537 g/mol. The molecule has 7 aromatic carbocycles. The van der Waals surface area contributed by atoms with Crippen molar-refractivity contribution in [3.8, 4) is 33.4 Å². The van der Waals surface area contributed by atoms with Crippen molar-refractivity contribution in [1.29, 1.82) is 0 Å². The lowest BCUT2D eigenvalue weighted by Gasteiger charge is -2.30. The maximum Gasteiger partial charge on any atom is 0.0493 e. The highest BCUT2D eigenvalue weighted by atomic mass is 15.1. The van der Waals surface area contributed by atoms with Crippen LogP contribution in [0.4, 0.5) is 17.1 Å². The van der Waals surface area contributed by atoms with Crippen molar-refractivity contribution in [2.45, 2.75) is 20.8 Å². The molecular weight excluding hydrogens is 506 g/mol. The van der Waals surface area contributed by atoms with Crippen LogP contribution in [0.2, 0.25) is 0 Å². The number of fused-ring (bicyclic) bond motifs is 6. The van der Waals surface area contributed by atoms with Gasteiger partial charge in [-0.15, -0.1) is 0 Å². The number of aryl methyl sites for hydroxylation is 3. The first-order valence-electron chi connectivity index (χ1n) is 14.7. The first-order valence-corrected chi connectivity index (χ1v) is 14.7. The number of hydrogen-bond donors (Lipinski definition) is 0. The molecule has 1 aliphatic carbocycles. The molecule has 0 aromatic heterocycles. The Hall–Kier alpha value is -5.14. The summed E-state index contributed by atoms with van der Waals surface area (Å²) in [6.07, 6.45) is 0. The Morgan fingerprint density at radius 1 is 0.381 bits per heavy atom. The van der Waals surface area contributed by atoms with E-state index in [1.807, 2.05) is 0 Å². The van der Waals surface area contributed by atoms with Crippen LogP contribution in [0.1, 0.15) is 16.7 Å². The molecule has 0 spiro atoms. The SMILES string of the molecule is Cc1ccc(C)c(N(c2ccc3cc4c(cc3c2)-c2cc3ccc(-c5ccccc5)cc3cc2-4)c2ccccc2C)c1. The molecule has 0 saturated carbocycles. The molecule has 8 rings (SSSR count). The lowest BCUT2D eigenvalue weighted by molar-refractivity contribution is 1.22. The van der Waals surface area contributed by atoms with Gasteiger partial charge in [-0.25, -0.2) is 0 Å². The highest BCUT2D eigenvalue weighted by molar-refractivity contribution is 6.12. The molecule has 0 amide bonds. The fraction of sp³-hybridized carbons (Fsp3) is 0.0732. The van der Waals surface area contributed by atoms with E-state index in [0.29, 0.717) is 0 Å². The lowest BCUT2D eigenvalue weighted by atomic mass is 9.77. The summed E-state index contributed by atoms with van der Waals surface area (Å²) in [5.74, 6) is 0. The maximum absolute atomic E-state index is 2.42. The van der Waals surface area contributed by atoms with Gasteiger partial charge in [0, 0.05) is 17.1 Å². The van der Waals surface area contributed by atoms with Gasteiger partial charge in [0.1, 0.15) is 0 Å². The van der Waals surface area contributed by atoms with E-state index in [0.717, 1.165) is 0 Å². The van der Waals surface area contributed by atoms with E-state index in [1.54, 1.807) is 0 Å². The maximum atomic E-state index is 2.42. The molecule has 0 aliphatic heterocycles. The Labute approximate surface area is 247 Å². The van der Waals surface area contributed by atoms with Crippen LogP contribution in [-0.2, 0) is 0 Å². The fourth-order valence-electron chi connectivity index (χ4n) is 6.54. The Bertz CT molecular complexity index is 2170. The third kappa shape index (κ3) is 3.93. The quantitative estimate of drug-likeness (QED) is 0.216. The van der Waals surface area contributed by atoms with Crippen LogP contribution >= 0.6 is 0 Å². The summed E-state index contributed by atoms with van der Waals surface area (Å²) in [7, 11) is 0. The van der Waals surface area contributed by atoms with Crippen molar-refractivity contribution in [2.24, 2.45) is 0 Å². The van der Waals surface area contributed by atoms with Crippen LogP contribution in [0.25, 0.3) is 54.9 Å². The minimum Gasteiger partial charge on any atom is -0.310 e. The molecule has 0 N–H and O–H groups in total. The van der Waals surface area contributed by atoms with Gasteiger partial charge in [-0.3, -0.25) is 0 Å². The third-order valence-corrected chi connectivity index (χ3v) is 8.84. The number of para-hydroxylation sites is 1. The van der Waals surface area contributed by atoms with Crippen molar-refractivity contribution < 1.29 is 0 Å². The second-order valence-corrected chi connectivity index (χ2v) is 11.7. The van der Waals surface area contributed by atoms with E-state index in [1.165, 1.54) is 88.7 Å². The minimum atomic E-state index is 1.18. The Morgan fingerprint density at radius 3 is 1.69 bits per heavy atom. The zero-order valence-corrected chi connectivity index (χ0v) is 24.1. The van der Waals surface area contributed by atoms with Crippen molar-refractivity contribution in [1.82, 2.24) is 0 Å². The highest BCUT2D eigenvalue weighted by Crippen LogP contribution is 2.51. The van der Waals surface area contributed by atoms with Gasteiger partial charge < -0.3 is 4.90 Å². The Morgan fingerprint density at radius 2 is 0.976 bits per heavy atom. The van der Waals surface area contributed by atoms with E-state index in [2.05, 4.69) is 159 Å². The molecule has 0 atom stereocenters. The number of nitrogens with zero attached hydrogens (tertiary/aromatic N) is 1. The van der Waals surface area contributed by atoms with E-state index < -0.39 is 0 Å². The molecule has 0 saturated heterocycles. The van der Waals surface area contributed by atoms with Gasteiger partial charge in [-0.05, 0) is 147 Å². The molecule has 1 heteroatoms. The molecule has 42 heavy (non-hydrogen) atoms. The van der Waals surface area contributed by atoms with Gasteiger partial charge in [-0.1, -0.05) is 78.9 Å². The molecule has 7 aromatic rings. The van der Waals surface area contributed by atoms with Crippen LogP contribution in [0, 0.1) is 20.8 Å². The van der Waals surface area contributed by atoms with Gasteiger partial charge in [-0.2, -0.15) is 0 Å². The van der Waals surface area contributed by atoms with Gasteiger partial charge >= 0.3 is 0 Å². The van der Waals surface area contributed by atoms with Crippen molar-refractivity contribution >= 4 is 38.6 Å². The largest absolute Gasteiger partial charge is 0.310 e. The molecule has 0 heterocycles. The smallest absolute Gasteiger partial charge is 0.0493 e. The summed E-state index contributed by atoms with van der Waals surface area (Å²) in [6, 6.07) is 49.3. The first kappa shape index (κ1) is 24.6. The van der Waals surface area contributed by atoms with Crippen LogP contribution < -0.4 is 4.90 Å². The third-order valence-electron chi connectivity index (χ3n) is 8.84. The predicted octanol–water partition coefficient (Wildman–Crippen LogP) is 11.7. The molecule has 1 aliphatic rings. The number of hydrogen-bond acceptors (Lipinski definition) is 1. The number of benzene rings is 7. The Balaban J connectivity index is 1.24. The van der Waals surface area contributed by atoms with Crippen LogP contribution in [0.5, 0.6) is 0 Å². The standard InChI is InChI=1S/C41H31N/c1-26-13-14-28(3)41(19-26)42(40-12-8-7-9-27(40)2)35-18-17-32-23-37-38-24-33-20-30(29-10-5-4-6-11-29)15-16-31(33)22-36(38)39(37)25-34(32)21-35/h4-25H,1-3H3. The summed E-state index contributed by atoms with van der Waals surface area (Å²) >= 11 is 0. The van der Waals surface area contributed by atoms with Crippen molar-refractivity contribution in [3.63, 3.8) is 0 Å². The van der Waals surface area contributed by atoms with Gasteiger partial charge in [0.2, 0.25) is 0 Å². The normalized spacial score (nSPS) is 11.7. The zero-order valence-electron chi connectivity index (χ0n) is 24.1. The van der Waals surface area contributed by atoms with E-state index >= 15 is 0 Å². The minimum absolute atomic E-state index is 1.18. The molecule has 0 bridgehead atoms. The predicted molar refractivity (Wildman–Crippen MR) is 180 cm³/mol. The molecule has 0 unspecified atom stereocenters. The molecular formula is C41H31N. The van der Waals surface area contributed by atoms with Crippen molar-refractivity contribution in [2.75, 3.05) is 4.90 Å². The summed E-state index contributed by atoms with van der Waals surface area (Å²) in [6.45, 7) is 6.57.